The number of para-hydroxylation sites is 1. The predicted molar refractivity (Wildman–Crippen MR) is 89.1 cm³/mol. The number of rotatable bonds is 5. The van der Waals surface area contributed by atoms with Crippen LogP contribution in [0.2, 0.25) is 0 Å². The third-order valence-corrected chi connectivity index (χ3v) is 4.99. The number of aromatic nitrogens is 2. The zero-order valence-corrected chi connectivity index (χ0v) is 13.1. The van der Waals surface area contributed by atoms with Crippen molar-refractivity contribution in [3.8, 4) is 5.69 Å². The van der Waals surface area contributed by atoms with Crippen LogP contribution in [0.1, 0.15) is 18.4 Å². The number of carbonyl (C=O) groups excluding carboxylic acids is 1. The van der Waals surface area contributed by atoms with Crippen LogP contribution in [0.15, 0.2) is 54.9 Å². The Kier molecular flexibility index (Phi) is 3.74. The van der Waals surface area contributed by atoms with E-state index in [1.54, 1.807) is 0 Å². The summed E-state index contributed by atoms with van der Waals surface area (Å²) in [5, 5.41) is 7.48. The summed E-state index contributed by atoms with van der Waals surface area (Å²) in [6.45, 7) is 0.677. The Morgan fingerprint density at radius 3 is 2.83 bits per heavy atom. The molecule has 1 aromatic heterocycles. The van der Waals surface area contributed by atoms with Crippen molar-refractivity contribution in [3.05, 3.63) is 60.4 Å². The van der Waals surface area contributed by atoms with Crippen LogP contribution in [0.4, 0.5) is 0 Å². The molecular weight excluding hydrogens is 286 g/mol. The Morgan fingerprint density at radius 2 is 2.09 bits per heavy atom. The first kappa shape index (κ1) is 14.2. The third kappa shape index (κ3) is 2.93. The summed E-state index contributed by atoms with van der Waals surface area (Å²) in [4.78, 5) is 12.3. The van der Waals surface area contributed by atoms with E-state index in [0.29, 0.717) is 18.4 Å². The van der Waals surface area contributed by atoms with E-state index in [9.17, 15) is 4.79 Å². The van der Waals surface area contributed by atoms with E-state index in [-0.39, 0.29) is 11.8 Å². The van der Waals surface area contributed by atoms with Gasteiger partial charge in [-0.05, 0) is 48.8 Å². The minimum absolute atomic E-state index is 0.192. The fourth-order valence-corrected chi connectivity index (χ4v) is 3.75. The first-order chi connectivity index (χ1) is 11.3. The summed E-state index contributed by atoms with van der Waals surface area (Å²) in [6.07, 6.45) is 11.4. The van der Waals surface area contributed by atoms with Crippen LogP contribution >= 0.6 is 0 Å². The largest absolute Gasteiger partial charge is 0.356 e. The van der Waals surface area contributed by atoms with Gasteiger partial charge >= 0.3 is 0 Å². The molecule has 0 radical (unpaired) electrons. The van der Waals surface area contributed by atoms with E-state index in [2.05, 4.69) is 22.6 Å². The maximum absolute atomic E-state index is 12.3. The molecule has 1 heterocycles. The molecule has 23 heavy (non-hydrogen) atoms. The van der Waals surface area contributed by atoms with Crippen LogP contribution < -0.4 is 5.32 Å². The summed E-state index contributed by atoms with van der Waals surface area (Å²) >= 11 is 0. The number of amides is 1. The molecule has 0 saturated heterocycles. The van der Waals surface area contributed by atoms with Crippen LogP contribution in [0.25, 0.3) is 5.69 Å². The lowest BCUT2D eigenvalue weighted by molar-refractivity contribution is -0.125. The molecule has 3 atom stereocenters. The summed E-state index contributed by atoms with van der Waals surface area (Å²) in [6, 6.07) is 10.1. The molecule has 0 aliphatic heterocycles. The summed E-state index contributed by atoms with van der Waals surface area (Å²) in [5.41, 5.74) is 2.19. The van der Waals surface area contributed by atoms with Crippen molar-refractivity contribution >= 4 is 5.91 Å². The van der Waals surface area contributed by atoms with Gasteiger partial charge < -0.3 is 5.32 Å². The maximum atomic E-state index is 12.3. The minimum atomic E-state index is 0.192. The molecule has 2 aromatic rings. The SMILES string of the molecule is O=C(NCCc1cnn(-c2ccccc2)c1)[C@@H]1C[C@@H]2C=C[C@H]1C2. The van der Waals surface area contributed by atoms with Crippen molar-refractivity contribution in [2.75, 3.05) is 6.54 Å². The van der Waals surface area contributed by atoms with E-state index >= 15 is 0 Å². The Labute approximate surface area is 136 Å². The third-order valence-electron chi connectivity index (χ3n) is 4.99. The molecular formula is C19H21N3O. The molecule has 1 amide bonds. The van der Waals surface area contributed by atoms with Crippen molar-refractivity contribution in [2.24, 2.45) is 17.8 Å². The molecule has 4 heteroatoms. The van der Waals surface area contributed by atoms with Gasteiger partial charge in [0.25, 0.3) is 0 Å². The average Bonchev–Trinajstić information content (AvgIpc) is 3.32. The smallest absolute Gasteiger partial charge is 0.223 e. The average molecular weight is 307 g/mol. The Balaban J connectivity index is 1.29. The van der Waals surface area contributed by atoms with Gasteiger partial charge in [-0.2, -0.15) is 5.10 Å². The lowest BCUT2D eigenvalue weighted by atomic mass is 9.93. The van der Waals surface area contributed by atoms with Gasteiger partial charge in [0.05, 0.1) is 11.9 Å². The van der Waals surface area contributed by atoms with Crippen LogP contribution in [-0.4, -0.2) is 22.2 Å². The van der Waals surface area contributed by atoms with E-state index in [1.165, 1.54) is 6.42 Å². The second kappa shape index (κ2) is 6.03. The number of nitrogens with zero attached hydrogens (tertiary/aromatic N) is 2. The van der Waals surface area contributed by atoms with Crippen molar-refractivity contribution in [2.45, 2.75) is 19.3 Å². The highest BCUT2D eigenvalue weighted by Crippen LogP contribution is 2.43. The second-order valence-electron chi connectivity index (χ2n) is 6.56. The number of hydrogen-bond donors (Lipinski definition) is 1. The standard InChI is InChI=1S/C19H21N3O/c23-19(18-11-14-6-7-16(18)10-14)20-9-8-15-12-21-22(13-15)17-4-2-1-3-5-17/h1-7,12-14,16,18H,8-11H2,(H,20,23)/t14-,16+,18-/m1/s1. The first-order valence-corrected chi connectivity index (χ1v) is 8.34. The molecule has 1 N–H and O–H groups in total. The van der Waals surface area contributed by atoms with Crippen LogP contribution in [0.5, 0.6) is 0 Å². The molecule has 1 saturated carbocycles. The number of hydrogen-bond acceptors (Lipinski definition) is 2. The number of nitrogens with one attached hydrogen (secondary N) is 1. The van der Waals surface area contributed by atoms with E-state index in [4.69, 9.17) is 0 Å². The number of benzene rings is 1. The molecule has 118 valence electrons. The lowest BCUT2D eigenvalue weighted by Crippen LogP contribution is -2.34. The van der Waals surface area contributed by atoms with Crippen molar-refractivity contribution in [1.82, 2.24) is 15.1 Å². The van der Waals surface area contributed by atoms with E-state index < -0.39 is 0 Å². The lowest BCUT2D eigenvalue weighted by Gasteiger charge is -2.17. The zero-order valence-electron chi connectivity index (χ0n) is 13.1. The molecule has 0 unspecified atom stereocenters. The van der Waals surface area contributed by atoms with Crippen molar-refractivity contribution in [1.29, 1.82) is 0 Å². The monoisotopic (exact) mass is 307 g/mol. The highest BCUT2D eigenvalue weighted by molar-refractivity contribution is 5.80. The number of allylic oxidation sites excluding steroid dienone is 2. The van der Waals surface area contributed by atoms with Crippen LogP contribution in [-0.2, 0) is 11.2 Å². The predicted octanol–water partition coefficient (Wildman–Crippen LogP) is 2.74. The second-order valence-corrected chi connectivity index (χ2v) is 6.56. The topological polar surface area (TPSA) is 46.9 Å². The molecule has 1 fully saturated rings. The minimum Gasteiger partial charge on any atom is -0.356 e. The Bertz CT molecular complexity index is 719. The fourth-order valence-electron chi connectivity index (χ4n) is 3.75. The number of fused-ring (bicyclic) bond motifs is 2. The maximum Gasteiger partial charge on any atom is 0.223 e. The van der Waals surface area contributed by atoms with Gasteiger partial charge in [-0.3, -0.25) is 4.79 Å². The van der Waals surface area contributed by atoms with Gasteiger partial charge in [-0.15, -0.1) is 0 Å². The molecule has 2 aliphatic rings. The van der Waals surface area contributed by atoms with Gasteiger partial charge in [0.15, 0.2) is 0 Å². The Hall–Kier alpha value is -2.36. The molecule has 1 aromatic carbocycles. The molecule has 2 aliphatic carbocycles. The van der Waals surface area contributed by atoms with Gasteiger partial charge in [0.2, 0.25) is 5.91 Å². The highest BCUT2D eigenvalue weighted by atomic mass is 16.1. The van der Waals surface area contributed by atoms with E-state index in [0.717, 1.165) is 24.1 Å². The highest BCUT2D eigenvalue weighted by Gasteiger charge is 2.39. The van der Waals surface area contributed by atoms with Gasteiger partial charge in [-0.1, -0.05) is 30.4 Å². The van der Waals surface area contributed by atoms with Crippen LogP contribution in [0.3, 0.4) is 0 Å². The summed E-state index contributed by atoms with van der Waals surface area (Å²) < 4.78 is 1.87. The van der Waals surface area contributed by atoms with Crippen molar-refractivity contribution in [3.63, 3.8) is 0 Å². The quantitative estimate of drug-likeness (QED) is 0.863. The van der Waals surface area contributed by atoms with Crippen molar-refractivity contribution < 1.29 is 4.79 Å². The molecule has 4 nitrogen and oxygen atoms in total. The zero-order chi connectivity index (χ0) is 15.6. The normalized spacial score (nSPS) is 25.0. The van der Waals surface area contributed by atoms with Gasteiger partial charge in [0.1, 0.15) is 0 Å². The van der Waals surface area contributed by atoms with Gasteiger partial charge in [0, 0.05) is 18.7 Å². The van der Waals surface area contributed by atoms with Gasteiger partial charge in [-0.25, -0.2) is 4.68 Å². The molecule has 4 rings (SSSR count). The summed E-state index contributed by atoms with van der Waals surface area (Å²) in [5.74, 6) is 1.52. The first-order valence-electron chi connectivity index (χ1n) is 8.34. The number of carbonyl (C=O) groups is 1. The molecule has 0 spiro atoms. The van der Waals surface area contributed by atoms with Crippen LogP contribution in [0, 0.1) is 17.8 Å². The molecule has 2 bridgehead atoms. The Morgan fingerprint density at radius 1 is 1.22 bits per heavy atom. The van der Waals surface area contributed by atoms with E-state index in [1.807, 2.05) is 47.4 Å². The summed E-state index contributed by atoms with van der Waals surface area (Å²) in [7, 11) is 0. The fraction of sp³-hybridized carbons (Fsp3) is 0.368.